The molecule has 1 aliphatic rings. The van der Waals surface area contributed by atoms with Gasteiger partial charge in [-0.1, -0.05) is 18.3 Å². The molecular formula is C13H17N5O2S. The van der Waals surface area contributed by atoms with Crippen LogP contribution in [0.4, 0.5) is 5.13 Å². The molecule has 8 heteroatoms. The van der Waals surface area contributed by atoms with E-state index in [2.05, 4.69) is 15.4 Å². The molecule has 0 saturated carbocycles. The van der Waals surface area contributed by atoms with Crippen molar-refractivity contribution in [3.63, 3.8) is 0 Å². The average Bonchev–Trinajstić information content (AvgIpc) is 3.07. The highest BCUT2D eigenvalue weighted by Gasteiger charge is 2.31. The number of carbonyl (C=O) groups excluding carboxylic acids is 1. The van der Waals surface area contributed by atoms with Gasteiger partial charge in [-0.15, -0.1) is 5.10 Å². The number of hydrogen-bond acceptors (Lipinski definition) is 6. The summed E-state index contributed by atoms with van der Waals surface area (Å²) in [5.41, 5.74) is 0.586. The van der Waals surface area contributed by atoms with Crippen LogP contribution in [0, 0.1) is 0 Å². The van der Waals surface area contributed by atoms with E-state index in [4.69, 9.17) is 0 Å². The zero-order valence-electron chi connectivity index (χ0n) is 12.0. The first-order valence-corrected chi connectivity index (χ1v) is 7.89. The molecule has 1 aliphatic heterocycles. The minimum Gasteiger partial charge on any atom is -0.354 e. The Morgan fingerprint density at radius 2 is 2.29 bits per heavy atom. The van der Waals surface area contributed by atoms with E-state index in [0.717, 1.165) is 12.1 Å². The van der Waals surface area contributed by atoms with Gasteiger partial charge >= 0.3 is 0 Å². The molecule has 1 N–H and O–H groups in total. The lowest BCUT2D eigenvalue weighted by Gasteiger charge is -2.24. The van der Waals surface area contributed by atoms with Gasteiger partial charge in [-0.25, -0.2) is 4.98 Å². The van der Waals surface area contributed by atoms with Crippen molar-refractivity contribution in [1.82, 2.24) is 19.9 Å². The molecule has 1 unspecified atom stereocenters. The van der Waals surface area contributed by atoms with Crippen LogP contribution in [0.15, 0.2) is 10.9 Å². The van der Waals surface area contributed by atoms with E-state index in [9.17, 15) is 9.59 Å². The maximum absolute atomic E-state index is 12.0. The van der Waals surface area contributed by atoms with Gasteiger partial charge in [-0.05, 0) is 19.8 Å². The van der Waals surface area contributed by atoms with Gasteiger partial charge in [0.25, 0.3) is 5.56 Å². The number of fused-ring (bicyclic) bond motifs is 1. The van der Waals surface area contributed by atoms with Crippen molar-refractivity contribution in [2.45, 2.75) is 32.7 Å². The van der Waals surface area contributed by atoms with Gasteiger partial charge in [0.05, 0.1) is 0 Å². The number of nitrogens with one attached hydrogen (secondary N) is 1. The molecule has 0 aliphatic carbocycles. The zero-order chi connectivity index (χ0) is 15.0. The maximum atomic E-state index is 12.0. The zero-order valence-corrected chi connectivity index (χ0v) is 12.8. The van der Waals surface area contributed by atoms with Crippen LogP contribution < -0.4 is 15.8 Å². The summed E-state index contributed by atoms with van der Waals surface area (Å²) in [5, 5.41) is 7.84. The van der Waals surface area contributed by atoms with E-state index in [0.29, 0.717) is 29.6 Å². The van der Waals surface area contributed by atoms with Gasteiger partial charge in [0, 0.05) is 24.8 Å². The number of aromatic nitrogens is 3. The molecule has 1 fully saturated rings. The molecule has 2 aromatic rings. The third-order valence-electron chi connectivity index (χ3n) is 3.63. The fourth-order valence-corrected chi connectivity index (χ4v) is 3.55. The van der Waals surface area contributed by atoms with Gasteiger partial charge in [0.15, 0.2) is 0 Å². The number of rotatable bonds is 4. The van der Waals surface area contributed by atoms with Crippen LogP contribution in [0.3, 0.4) is 0 Å². The number of carbonyl (C=O) groups is 1. The molecule has 0 spiro atoms. The molecule has 112 valence electrons. The number of aryl methyl sites for hydroxylation is 1. The summed E-state index contributed by atoms with van der Waals surface area (Å²) in [7, 11) is 0. The first-order valence-electron chi connectivity index (χ1n) is 7.08. The Balaban J connectivity index is 2.05. The van der Waals surface area contributed by atoms with Crippen LogP contribution in [0.2, 0.25) is 0 Å². The normalized spacial score (nSPS) is 18.2. The molecule has 21 heavy (non-hydrogen) atoms. The summed E-state index contributed by atoms with van der Waals surface area (Å²) in [6.07, 6.45) is 1.46. The Hall–Kier alpha value is -1.96. The molecule has 0 radical (unpaired) electrons. The number of nitrogens with zero attached hydrogens (tertiary/aromatic N) is 4. The van der Waals surface area contributed by atoms with Crippen LogP contribution in [-0.2, 0) is 11.2 Å². The monoisotopic (exact) mass is 307 g/mol. The lowest BCUT2D eigenvalue weighted by atomic mass is 10.2. The first-order chi connectivity index (χ1) is 10.1. The number of amides is 1. The lowest BCUT2D eigenvalue weighted by molar-refractivity contribution is -0.120. The smallest absolute Gasteiger partial charge is 0.275 e. The molecule has 3 rings (SSSR count). The van der Waals surface area contributed by atoms with Crippen LogP contribution in [0.5, 0.6) is 0 Å². The first kappa shape index (κ1) is 14.0. The predicted molar refractivity (Wildman–Crippen MR) is 80.9 cm³/mol. The number of anilines is 1. The third kappa shape index (κ3) is 2.39. The highest BCUT2D eigenvalue weighted by molar-refractivity contribution is 7.20. The molecule has 3 heterocycles. The Morgan fingerprint density at radius 1 is 1.48 bits per heavy atom. The Morgan fingerprint density at radius 3 is 2.90 bits per heavy atom. The second-order valence-electron chi connectivity index (χ2n) is 4.90. The standard InChI is InChI=1S/C13H17N5O2S/c1-3-8-7-10(19)18-12(15-8)21-13(16-18)17(4-2)9-5-6-14-11(9)20/h7,9H,3-6H2,1-2H3,(H,14,20). The van der Waals surface area contributed by atoms with Gasteiger partial charge in [-0.2, -0.15) is 4.52 Å². The average molecular weight is 307 g/mol. The summed E-state index contributed by atoms with van der Waals surface area (Å²) < 4.78 is 1.31. The minimum absolute atomic E-state index is 0.0191. The SMILES string of the molecule is CCc1cc(=O)n2nc(N(CC)C3CCNC3=O)sc2n1. The van der Waals surface area contributed by atoms with Crippen LogP contribution >= 0.6 is 11.3 Å². The number of hydrogen-bond donors (Lipinski definition) is 1. The van der Waals surface area contributed by atoms with Gasteiger partial charge in [-0.3, -0.25) is 9.59 Å². The van der Waals surface area contributed by atoms with E-state index in [1.807, 2.05) is 18.7 Å². The van der Waals surface area contributed by atoms with E-state index in [1.54, 1.807) is 0 Å². The predicted octanol–water partition coefficient (Wildman–Crippen LogP) is 0.428. The van der Waals surface area contributed by atoms with E-state index < -0.39 is 0 Å². The molecule has 1 atom stereocenters. The fourth-order valence-electron chi connectivity index (χ4n) is 2.51. The van der Waals surface area contributed by atoms with E-state index >= 15 is 0 Å². The molecule has 2 aromatic heterocycles. The van der Waals surface area contributed by atoms with Crippen molar-refractivity contribution in [1.29, 1.82) is 0 Å². The maximum Gasteiger partial charge on any atom is 0.275 e. The summed E-state index contributed by atoms with van der Waals surface area (Å²) in [4.78, 5) is 30.8. The Labute approximate surface area is 125 Å². The van der Waals surface area contributed by atoms with Crippen molar-refractivity contribution in [2.75, 3.05) is 18.0 Å². The summed E-state index contributed by atoms with van der Waals surface area (Å²) in [6, 6.07) is 1.30. The Bertz CT molecular complexity index is 738. The number of likely N-dealkylation sites (N-methyl/N-ethyl adjacent to an activating group) is 1. The van der Waals surface area contributed by atoms with Gasteiger partial charge < -0.3 is 10.2 Å². The fraction of sp³-hybridized carbons (Fsp3) is 0.538. The van der Waals surface area contributed by atoms with Gasteiger partial charge in [0.2, 0.25) is 16.0 Å². The third-order valence-corrected chi connectivity index (χ3v) is 4.58. The van der Waals surface area contributed by atoms with Crippen molar-refractivity contribution < 1.29 is 4.79 Å². The largest absolute Gasteiger partial charge is 0.354 e. The topological polar surface area (TPSA) is 79.6 Å². The second-order valence-corrected chi connectivity index (χ2v) is 5.83. The molecule has 1 saturated heterocycles. The minimum atomic E-state index is -0.211. The highest BCUT2D eigenvalue weighted by Crippen LogP contribution is 2.25. The van der Waals surface area contributed by atoms with E-state index in [1.165, 1.54) is 21.9 Å². The lowest BCUT2D eigenvalue weighted by Crippen LogP contribution is -2.40. The quantitative estimate of drug-likeness (QED) is 0.886. The van der Waals surface area contributed by atoms with Gasteiger partial charge in [0.1, 0.15) is 6.04 Å². The molecule has 0 bridgehead atoms. The molecular weight excluding hydrogens is 290 g/mol. The summed E-state index contributed by atoms with van der Waals surface area (Å²) in [5.74, 6) is 0.0191. The summed E-state index contributed by atoms with van der Waals surface area (Å²) >= 11 is 1.35. The summed E-state index contributed by atoms with van der Waals surface area (Å²) in [6.45, 7) is 5.28. The van der Waals surface area contributed by atoms with Crippen molar-refractivity contribution in [3.05, 3.63) is 22.1 Å². The molecule has 0 aromatic carbocycles. The van der Waals surface area contributed by atoms with Crippen molar-refractivity contribution >= 4 is 27.3 Å². The van der Waals surface area contributed by atoms with Crippen molar-refractivity contribution in [2.24, 2.45) is 0 Å². The van der Waals surface area contributed by atoms with Crippen LogP contribution in [-0.4, -0.2) is 39.6 Å². The molecule has 7 nitrogen and oxygen atoms in total. The van der Waals surface area contributed by atoms with E-state index in [-0.39, 0.29) is 17.5 Å². The Kier molecular flexibility index (Phi) is 3.62. The van der Waals surface area contributed by atoms with Crippen LogP contribution in [0.1, 0.15) is 26.0 Å². The molecule has 1 amide bonds. The highest BCUT2D eigenvalue weighted by atomic mass is 32.1. The van der Waals surface area contributed by atoms with Crippen molar-refractivity contribution in [3.8, 4) is 0 Å². The van der Waals surface area contributed by atoms with Crippen LogP contribution in [0.25, 0.3) is 4.96 Å². The second kappa shape index (κ2) is 5.44.